The van der Waals surface area contributed by atoms with E-state index in [1.54, 1.807) is 4.90 Å². The van der Waals surface area contributed by atoms with Crippen molar-refractivity contribution in [3.8, 4) is 6.07 Å². The second kappa shape index (κ2) is 13.5. The number of benzene rings is 2. The van der Waals surface area contributed by atoms with E-state index < -0.39 is 5.54 Å². The molecule has 6 rings (SSSR count). The van der Waals surface area contributed by atoms with Gasteiger partial charge in [-0.25, -0.2) is 4.98 Å². The molecule has 9 heteroatoms. The van der Waals surface area contributed by atoms with Crippen LogP contribution in [-0.2, 0) is 17.8 Å². The molecule has 0 unspecified atom stereocenters. The lowest BCUT2D eigenvalue weighted by molar-refractivity contribution is -0.128. The minimum Gasteiger partial charge on any atom is -0.367 e. The molecular formula is C37H45N7O2. The summed E-state index contributed by atoms with van der Waals surface area (Å²) < 4.78 is 0. The number of fused-ring (bicyclic) bond motifs is 2. The Labute approximate surface area is 272 Å². The van der Waals surface area contributed by atoms with Crippen LogP contribution in [0.2, 0.25) is 0 Å². The number of nitrogens with zero attached hydrogens (tertiary/aromatic N) is 5. The number of carbonyl (C=O) groups is 2. The molecule has 1 saturated carbocycles. The maximum Gasteiger partial charge on any atom is 0.270 e. The van der Waals surface area contributed by atoms with Crippen LogP contribution in [0.4, 0.5) is 11.4 Å². The zero-order valence-corrected chi connectivity index (χ0v) is 26.9. The number of hydrogen-bond donors (Lipinski definition) is 2. The van der Waals surface area contributed by atoms with E-state index in [0.717, 1.165) is 55.6 Å². The van der Waals surface area contributed by atoms with Crippen molar-refractivity contribution in [2.45, 2.75) is 76.4 Å². The molecule has 2 aliphatic heterocycles. The maximum atomic E-state index is 13.8. The van der Waals surface area contributed by atoms with Gasteiger partial charge in [0.25, 0.3) is 5.91 Å². The van der Waals surface area contributed by atoms with E-state index in [1.165, 1.54) is 40.9 Å². The van der Waals surface area contributed by atoms with Crippen molar-refractivity contribution in [2.75, 3.05) is 42.5 Å². The molecule has 1 atom stereocenters. The van der Waals surface area contributed by atoms with Gasteiger partial charge >= 0.3 is 0 Å². The average molecular weight is 620 g/mol. The molecule has 2 aromatic carbocycles. The Balaban J connectivity index is 1.34. The predicted octanol–water partition coefficient (Wildman–Crippen LogP) is 5.00. The number of rotatable bonds is 7. The standard InChI is InChI=1S/C37H45N7O2/c1-3-34(45)44-21-20-43(23-28(44)14-18-38)33-22-30(36(46)40-25-37(39)16-6-4-5-7-17-37)41-31-24-42(19-15-29(31)33)32-13-9-12-27-11-8-10-26(2)35(27)32/h3,8-13,22,28H,1,4-7,14-17,19-21,23-25,39H2,2H3,(H,40,46)/t28-/m0/s1. The summed E-state index contributed by atoms with van der Waals surface area (Å²) >= 11 is 0. The van der Waals surface area contributed by atoms with Crippen LogP contribution in [0.1, 0.15) is 72.3 Å². The molecule has 3 N–H and O–H groups in total. The van der Waals surface area contributed by atoms with Crippen LogP contribution in [0.3, 0.4) is 0 Å². The number of nitriles is 1. The maximum absolute atomic E-state index is 13.8. The van der Waals surface area contributed by atoms with Gasteiger partial charge in [-0.3, -0.25) is 9.59 Å². The summed E-state index contributed by atoms with van der Waals surface area (Å²) in [5.41, 5.74) is 12.1. The lowest BCUT2D eigenvalue weighted by atomic mass is 9.91. The quantitative estimate of drug-likeness (QED) is 0.282. The molecule has 2 amide bonds. The van der Waals surface area contributed by atoms with E-state index in [2.05, 4.69) is 71.1 Å². The first-order valence-electron chi connectivity index (χ1n) is 16.7. The molecule has 3 aromatic rings. The van der Waals surface area contributed by atoms with Crippen LogP contribution < -0.4 is 20.9 Å². The van der Waals surface area contributed by atoms with Crippen LogP contribution in [0.5, 0.6) is 0 Å². The number of nitrogens with one attached hydrogen (secondary N) is 1. The highest BCUT2D eigenvalue weighted by molar-refractivity contribution is 5.97. The van der Waals surface area contributed by atoms with Crippen LogP contribution in [0.15, 0.2) is 55.1 Å². The first kappa shape index (κ1) is 31.6. The summed E-state index contributed by atoms with van der Waals surface area (Å²) in [6.07, 6.45) is 8.67. The Bertz CT molecular complexity index is 1660. The Morgan fingerprint density at radius 2 is 1.85 bits per heavy atom. The van der Waals surface area contributed by atoms with Gasteiger partial charge in [0.2, 0.25) is 5.91 Å². The van der Waals surface area contributed by atoms with Crippen molar-refractivity contribution in [1.29, 1.82) is 5.26 Å². The molecule has 1 saturated heterocycles. The van der Waals surface area contributed by atoms with Crippen LogP contribution >= 0.6 is 0 Å². The molecular weight excluding hydrogens is 574 g/mol. The van der Waals surface area contributed by atoms with Gasteiger partial charge < -0.3 is 25.8 Å². The summed E-state index contributed by atoms with van der Waals surface area (Å²) in [5, 5.41) is 15.2. The number of amides is 2. The number of aryl methyl sites for hydroxylation is 1. The summed E-state index contributed by atoms with van der Waals surface area (Å²) in [4.78, 5) is 37.8. The highest BCUT2D eigenvalue weighted by Crippen LogP contribution is 2.36. The van der Waals surface area contributed by atoms with Crippen molar-refractivity contribution in [2.24, 2.45) is 5.73 Å². The number of carbonyl (C=O) groups excluding carboxylic acids is 2. The van der Waals surface area contributed by atoms with E-state index in [0.29, 0.717) is 38.4 Å². The van der Waals surface area contributed by atoms with E-state index in [1.807, 2.05) is 6.07 Å². The summed E-state index contributed by atoms with van der Waals surface area (Å²) in [6.45, 7) is 9.20. The molecule has 0 bridgehead atoms. The molecule has 1 aliphatic carbocycles. The van der Waals surface area contributed by atoms with Crippen molar-refractivity contribution in [1.82, 2.24) is 15.2 Å². The van der Waals surface area contributed by atoms with E-state index in [9.17, 15) is 14.9 Å². The van der Waals surface area contributed by atoms with Gasteiger partial charge in [-0.15, -0.1) is 0 Å². The fourth-order valence-electron chi connectivity index (χ4n) is 7.61. The molecule has 3 heterocycles. The van der Waals surface area contributed by atoms with Gasteiger partial charge in [-0.1, -0.05) is 62.6 Å². The zero-order valence-electron chi connectivity index (χ0n) is 26.9. The van der Waals surface area contributed by atoms with Crippen molar-refractivity contribution < 1.29 is 9.59 Å². The number of hydrogen-bond acceptors (Lipinski definition) is 7. The first-order valence-corrected chi connectivity index (χ1v) is 16.7. The smallest absolute Gasteiger partial charge is 0.270 e. The number of anilines is 2. The third-order valence-electron chi connectivity index (χ3n) is 10.1. The molecule has 3 aliphatic rings. The van der Waals surface area contributed by atoms with E-state index in [-0.39, 0.29) is 24.3 Å². The van der Waals surface area contributed by atoms with E-state index in [4.69, 9.17) is 10.7 Å². The van der Waals surface area contributed by atoms with Gasteiger partial charge in [0.1, 0.15) is 5.69 Å². The summed E-state index contributed by atoms with van der Waals surface area (Å²) in [7, 11) is 0. The molecule has 46 heavy (non-hydrogen) atoms. The van der Waals surface area contributed by atoms with E-state index >= 15 is 0 Å². The topological polar surface area (TPSA) is 119 Å². The minimum absolute atomic E-state index is 0.160. The number of nitrogens with two attached hydrogens (primary N) is 1. The summed E-state index contributed by atoms with van der Waals surface area (Å²) in [6, 6.07) is 16.7. The normalized spacial score (nSPS) is 19.6. The lowest BCUT2D eigenvalue weighted by Gasteiger charge is -2.43. The summed E-state index contributed by atoms with van der Waals surface area (Å²) in [5.74, 6) is -0.378. The minimum atomic E-state index is -0.398. The first-order chi connectivity index (χ1) is 22.3. The SMILES string of the molecule is C=CC(=O)N1CCN(c2cc(C(=O)NCC3(N)CCCCCC3)nc3c2CCN(c2cccc4cccc(C)c24)C3)C[C@@H]1CC#N. The molecule has 2 fully saturated rings. The zero-order chi connectivity index (χ0) is 32.3. The highest BCUT2D eigenvalue weighted by Gasteiger charge is 2.33. The molecule has 240 valence electrons. The molecule has 0 spiro atoms. The Kier molecular flexibility index (Phi) is 9.27. The largest absolute Gasteiger partial charge is 0.367 e. The lowest BCUT2D eigenvalue weighted by Crippen LogP contribution is -2.55. The van der Waals surface area contributed by atoms with Gasteiger partial charge in [0.15, 0.2) is 0 Å². The number of aromatic nitrogens is 1. The molecule has 1 aromatic heterocycles. The van der Waals surface area contributed by atoms with Crippen LogP contribution in [0.25, 0.3) is 10.8 Å². The average Bonchev–Trinajstić information content (AvgIpc) is 3.30. The van der Waals surface area contributed by atoms with Crippen molar-refractivity contribution >= 4 is 34.0 Å². The Morgan fingerprint density at radius 1 is 1.09 bits per heavy atom. The van der Waals surface area contributed by atoms with Gasteiger partial charge in [0.05, 0.1) is 30.8 Å². The molecule has 0 radical (unpaired) electrons. The predicted molar refractivity (Wildman–Crippen MR) is 183 cm³/mol. The third-order valence-corrected chi connectivity index (χ3v) is 10.1. The van der Waals surface area contributed by atoms with Gasteiger partial charge in [-0.05, 0) is 55.3 Å². The van der Waals surface area contributed by atoms with Gasteiger partial charge in [-0.2, -0.15) is 5.26 Å². The molecule has 9 nitrogen and oxygen atoms in total. The number of piperazine rings is 1. The number of pyridine rings is 1. The highest BCUT2D eigenvalue weighted by atomic mass is 16.2. The fraction of sp³-hybridized carbons (Fsp3) is 0.459. The van der Waals surface area contributed by atoms with Crippen LogP contribution in [0, 0.1) is 18.3 Å². The van der Waals surface area contributed by atoms with Crippen LogP contribution in [-0.4, -0.2) is 66.0 Å². The third kappa shape index (κ3) is 6.45. The Morgan fingerprint density at radius 3 is 2.59 bits per heavy atom. The second-order valence-corrected chi connectivity index (χ2v) is 13.2. The fourth-order valence-corrected chi connectivity index (χ4v) is 7.61. The van der Waals surface area contributed by atoms with Gasteiger partial charge in [0, 0.05) is 60.6 Å². The Hall–Kier alpha value is -4.42. The van der Waals surface area contributed by atoms with Crippen molar-refractivity contribution in [3.05, 3.63) is 77.6 Å². The second-order valence-electron chi connectivity index (χ2n) is 13.2. The van der Waals surface area contributed by atoms with Crippen molar-refractivity contribution in [3.63, 3.8) is 0 Å². The monoisotopic (exact) mass is 619 g/mol.